The minimum absolute atomic E-state index is 0.0357. The number of allylic oxidation sites excluding steroid dienone is 1. The van der Waals surface area contributed by atoms with Gasteiger partial charge in [0.05, 0.1) is 13.7 Å². The number of amidine groups is 1. The highest BCUT2D eigenvalue weighted by Crippen LogP contribution is 2.37. The lowest BCUT2D eigenvalue weighted by molar-refractivity contribution is 0.0798. The van der Waals surface area contributed by atoms with E-state index in [-0.39, 0.29) is 47.2 Å². The SMILES string of the molecule is CNC(=O)N1CCC(NC2CCOCC2)=C(C(N)=Nc2cc(C(F)F)c(C3C=C(OC)N=CC3)cc2F)C1. The number of carbonyl (C=O) groups excluding carboxylic acids is 1. The Labute approximate surface area is 219 Å². The minimum Gasteiger partial charge on any atom is -0.481 e. The van der Waals surface area contributed by atoms with E-state index in [2.05, 4.69) is 20.6 Å². The highest BCUT2D eigenvalue weighted by atomic mass is 19.3. The van der Waals surface area contributed by atoms with Gasteiger partial charge in [0.15, 0.2) is 0 Å². The number of alkyl halides is 2. The first kappa shape index (κ1) is 27.5. The van der Waals surface area contributed by atoms with Crippen molar-refractivity contribution in [1.29, 1.82) is 0 Å². The number of nitrogens with one attached hydrogen (secondary N) is 2. The second kappa shape index (κ2) is 12.3. The zero-order chi connectivity index (χ0) is 27.2. The monoisotopic (exact) mass is 534 g/mol. The number of rotatable bonds is 7. The lowest BCUT2D eigenvalue weighted by Gasteiger charge is -2.33. The highest BCUT2D eigenvalue weighted by Gasteiger charge is 2.28. The van der Waals surface area contributed by atoms with E-state index < -0.39 is 18.2 Å². The van der Waals surface area contributed by atoms with Gasteiger partial charge in [0.25, 0.3) is 6.43 Å². The summed E-state index contributed by atoms with van der Waals surface area (Å²) < 4.78 is 54.0. The van der Waals surface area contributed by atoms with Crippen molar-refractivity contribution in [3.05, 3.63) is 52.3 Å². The summed E-state index contributed by atoms with van der Waals surface area (Å²) in [5.74, 6) is -1.05. The summed E-state index contributed by atoms with van der Waals surface area (Å²) >= 11 is 0. The van der Waals surface area contributed by atoms with Crippen LogP contribution in [0.5, 0.6) is 0 Å². The molecule has 12 heteroatoms. The van der Waals surface area contributed by atoms with Crippen LogP contribution < -0.4 is 16.4 Å². The number of benzene rings is 1. The van der Waals surface area contributed by atoms with E-state index in [1.54, 1.807) is 17.2 Å². The number of aliphatic imine (C=N–C) groups is 2. The Kier molecular flexibility index (Phi) is 8.93. The van der Waals surface area contributed by atoms with Crippen LogP contribution in [0.4, 0.5) is 23.7 Å². The summed E-state index contributed by atoms with van der Waals surface area (Å²) in [4.78, 5) is 22.2. The number of hydrogen-bond donors (Lipinski definition) is 3. The molecule has 4 rings (SSSR count). The van der Waals surface area contributed by atoms with Crippen LogP contribution in [0.2, 0.25) is 0 Å². The van der Waals surface area contributed by atoms with Crippen molar-refractivity contribution in [3.63, 3.8) is 0 Å². The predicted octanol–water partition coefficient (Wildman–Crippen LogP) is 3.87. The molecule has 1 fully saturated rings. The Hall–Kier alpha value is -3.54. The Morgan fingerprint density at radius 3 is 2.76 bits per heavy atom. The molecule has 0 saturated carbocycles. The number of hydrogen-bond acceptors (Lipinski definition) is 6. The van der Waals surface area contributed by atoms with Crippen molar-refractivity contribution in [3.8, 4) is 0 Å². The standard InChI is InChI=1S/C26H33F3N6O3/c1-31-26(36)35-8-4-21(33-16-5-9-38-10-6-16)19(14-35)25(30)34-22-13-18(24(28)29)17(12-20(22)27)15-3-7-32-23(11-15)37-2/h7,11-13,15-16,24,33H,3-6,8-10,14H2,1-2H3,(H2,30,34)(H,31,36). The molecule has 0 spiro atoms. The zero-order valence-corrected chi connectivity index (χ0v) is 21.5. The van der Waals surface area contributed by atoms with E-state index in [9.17, 15) is 13.6 Å². The molecule has 9 nitrogen and oxygen atoms in total. The maximum Gasteiger partial charge on any atom is 0.317 e. The maximum absolute atomic E-state index is 15.3. The Morgan fingerprint density at radius 2 is 2.08 bits per heavy atom. The zero-order valence-electron chi connectivity index (χ0n) is 21.5. The molecule has 0 bridgehead atoms. The van der Waals surface area contributed by atoms with Crippen molar-refractivity contribution >= 4 is 23.8 Å². The van der Waals surface area contributed by atoms with E-state index >= 15 is 4.39 Å². The highest BCUT2D eigenvalue weighted by molar-refractivity contribution is 6.00. The fourth-order valence-electron chi connectivity index (χ4n) is 4.84. The second-order valence-corrected chi connectivity index (χ2v) is 9.31. The van der Waals surface area contributed by atoms with Gasteiger partial charge in [0.1, 0.15) is 17.3 Å². The second-order valence-electron chi connectivity index (χ2n) is 9.31. The quantitative estimate of drug-likeness (QED) is 0.363. The van der Waals surface area contributed by atoms with Crippen LogP contribution in [0, 0.1) is 5.82 Å². The lowest BCUT2D eigenvalue weighted by atomic mass is 9.90. The van der Waals surface area contributed by atoms with E-state index in [0.717, 1.165) is 30.7 Å². The molecule has 1 atom stereocenters. The average Bonchev–Trinajstić information content (AvgIpc) is 2.94. The molecule has 1 aromatic rings. The van der Waals surface area contributed by atoms with Crippen LogP contribution in [-0.4, -0.2) is 69.5 Å². The maximum atomic E-state index is 15.3. The van der Waals surface area contributed by atoms with Gasteiger partial charge in [-0.05, 0) is 43.0 Å². The van der Waals surface area contributed by atoms with Crippen molar-refractivity contribution in [2.24, 2.45) is 15.7 Å². The molecule has 1 unspecified atom stereocenters. The molecule has 3 heterocycles. The van der Waals surface area contributed by atoms with E-state index in [0.29, 0.717) is 38.2 Å². The van der Waals surface area contributed by atoms with Crippen molar-refractivity contribution in [2.45, 2.75) is 44.1 Å². The van der Waals surface area contributed by atoms with Crippen LogP contribution in [-0.2, 0) is 9.47 Å². The van der Waals surface area contributed by atoms with Gasteiger partial charge in [-0.1, -0.05) is 0 Å². The number of ether oxygens (including phenoxy) is 2. The first-order chi connectivity index (χ1) is 18.3. The van der Waals surface area contributed by atoms with Gasteiger partial charge in [-0.25, -0.2) is 28.0 Å². The third kappa shape index (κ3) is 6.29. The molecular weight excluding hydrogens is 501 g/mol. The van der Waals surface area contributed by atoms with Gasteiger partial charge in [-0.15, -0.1) is 0 Å². The number of nitrogens with zero attached hydrogens (tertiary/aromatic N) is 3. The third-order valence-electron chi connectivity index (χ3n) is 6.91. The average molecular weight is 535 g/mol. The summed E-state index contributed by atoms with van der Waals surface area (Å²) in [6, 6.07) is 2.00. The van der Waals surface area contributed by atoms with Gasteiger partial charge < -0.3 is 30.7 Å². The van der Waals surface area contributed by atoms with Crippen molar-refractivity contribution in [2.75, 3.05) is 40.5 Å². The molecule has 3 aliphatic rings. The summed E-state index contributed by atoms with van der Waals surface area (Å²) in [5, 5.41) is 6.09. The van der Waals surface area contributed by atoms with Gasteiger partial charge >= 0.3 is 6.03 Å². The molecule has 0 aromatic heterocycles. The predicted molar refractivity (Wildman–Crippen MR) is 138 cm³/mol. The molecule has 206 valence electrons. The summed E-state index contributed by atoms with van der Waals surface area (Å²) in [5.41, 5.74) is 7.21. The topological polar surface area (TPSA) is 114 Å². The van der Waals surface area contributed by atoms with E-state index in [1.807, 2.05) is 0 Å². The summed E-state index contributed by atoms with van der Waals surface area (Å²) in [6.45, 7) is 1.88. The van der Waals surface area contributed by atoms with Gasteiger partial charge in [-0.3, -0.25) is 0 Å². The molecule has 1 saturated heterocycles. The van der Waals surface area contributed by atoms with Gasteiger partial charge in [0, 0.05) is 68.2 Å². The summed E-state index contributed by atoms with van der Waals surface area (Å²) in [6.07, 6.45) is 2.74. The number of amides is 2. The number of carbonyl (C=O) groups is 1. The van der Waals surface area contributed by atoms with E-state index in [1.165, 1.54) is 14.2 Å². The van der Waals surface area contributed by atoms with Crippen molar-refractivity contribution in [1.82, 2.24) is 15.5 Å². The fourth-order valence-corrected chi connectivity index (χ4v) is 4.84. The smallest absolute Gasteiger partial charge is 0.317 e. The van der Waals surface area contributed by atoms with Crippen LogP contribution >= 0.6 is 0 Å². The van der Waals surface area contributed by atoms with Crippen LogP contribution in [0.1, 0.15) is 49.2 Å². The first-order valence-corrected chi connectivity index (χ1v) is 12.6. The van der Waals surface area contributed by atoms with Crippen LogP contribution in [0.3, 0.4) is 0 Å². The Bertz CT molecular complexity index is 1160. The molecule has 0 radical (unpaired) electrons. The Balaban J connectivity index is 1.69. The molecule has 4 N–H and O–H groups in total. The molecule has 3 aliphatic heterocycles. The van der Waals surface area contributed by atoms with Gasteiger partial charge in [-0.2, -0.15) is 0 Å². The van der Waals surface area contributed by atoms with Crippen LogP contribution in [0.15, 0.2) is 45.3 Å². The van der Waals surface area contributed by atoms with E-state index in [4.69, 9.17) is 15.2 Å². The molecular formula is C26H33F3N6O3. The number of methoxy groups -OCH3 is 1. The van der Waals surface area contributed by atoms with Gasteiger partial charge in [0.2, 0.25) is 5.88 Å². The summed E-state index contributed by atoms with van der Waals surface area (Å²) in [7, 11) is 2.96. The van der Waals surface area contributed by atoms with Crippen molar-refractivity contribution < 1.29 is 27.4 Å². The number of halogens is 3. The fraction of sp³-hybridized carbons (Fsp3) is 0.500. The Morgan fingerprint density at radius 1 is 1.32 bits per heavy atom. The normalized spacial score (nSPS) is 21.0. The molecule has 2 amide bonds. The van der Waals surface area contributed by atoms with Crippen LogP contribution in [0.25, 0.3) is 0 Å². The molecule has 1 aromatic carbocycles. The third-order valence-corrected chi connectivity index (χ3v) is 6.91. The largest absolute Gasteiger partial charge is 0.481 e. The minimum atomic E-state index is -2.86. The first-order valence-electron chi connectivity index (χ1n) is 12.6. The molecule has 0 aliphatic carbocycles. The lowest BCUT2D eigenvalue weighted by Crippen LogP contribution is -2.47. The number of urea groups is 1. The number of nitrogens with two attached hydrogens (primary N) is 1. The molecule has 38 heavy (non-hydrogen) atoms.